The second kappa shape index (κ2) is 8.09. The van der Waals surface area contributed by atoms with Gasteiger partial charge in [-0.2, -0.15) is 0 Å². The molecule has 1 aliphatic heterocycles. The lowest BCUT2D eigenvalue weighted by Gasteiger charge is -2.09. The number of rotatable bonds is 5. The fourth-order valence-electron chi connectivity index (χ4n) is 2.39. The second-order valence-electron chi connectivity index (χ2n) is 5.30. The molecular formula is C19H15ClINO4. The van der Waals surface area contributed by atoms with Crippen molar-refractivity contribution in [3.63, 3.8) is 0 Å². The number of cyclic esters (lactones) is 1. The Morgan fingerprint density at radius 2 is 2.04 bits per heavy atom. The van der Waals surface area contributed by atoms with Crippen LogP contribution in [0.3, 0.4) is 0 Å². The summed E-state index contributed by atoms with van der Waals surface area (Å²) in [7, 11) is 1.56. The maximum Gasteiger partial charge on any atom is 0.363 e. The van der Waals surface area contributed by atoms with Crippen molar-refractivity contribution in [3.8, 4) is 11.5 Å². The molecule has 134 valence electrons. The minimum absolute atomic E-state index is 0.196. The second-order valence-corrected chi connectivity index (χ2v) is 6.96. The van der Waals surface area contributed by atoms with Gasteiger partial charge < -0.3 is 14.2 Å². The average Bonchev–Trinajstić information content (AvgIpc) is 2.99. The van der Waals surface area contributed by atoms with Crippen LogP contribution in [-0.2, 0) is 9.53 Å². The van der Waals surface area contributed by atoms with Crippen molar-refractivity contribution in [2.75, 3.05) is 13.7 Å². The van der Waals surface area contributed by atoms with Crippen LogP contribution in [0.25, 0.3) is 6.08 Å². The molecule has 0 radical (unpaired) electrons. The number of carbonyl (C=O) groups excluding carboxylic acids is 1. The Hall–Kier alpha value is -2.06. The van der Waals surface area contributed by atoms with Crippen molar-refractivity contribution < 1.29 is 19.0 Å². The molecular weight excluding hydrogens is 469 g/mol. The Labute approximate surface area is 169 Å². The van der Waals surface area contributed by atoms with E-state index in [1.165, 1.54) is 0 Å². The largest absolute Gasteiger partial charge is 0.493 e. The minimum atomic E-state index is -0.525. The summed E-state index contributed by atoms with van der Waals surface area (Å²) < 4.78 is 17.1. The van der Waals surface area contributed by atoms with E-state index in [4.69, 9.17) is 25.8 Å². The van der Waals surface area contributed by atoms with Gasteiger partial charge in [-0.3, -0.25) is 0 Å². The molecule has 3 rings (SSSR count). The highest BCUT2D eigenvalue weighted by Crippen LogP contribution is 2.30. The molecule has 1 aliphatic rings. The lowest BCUT2D eigenvalue weighted by molar-refractivity contribution is -0.129. The quantitative estimate of drug-likeness (QED) is 0.352. The molecule has 0 unspecified atom stereocenters. The number of methoxy groups -OCH3 is 1. The summed E-state index contributed by atoms with van der Waals surface area (Å²) in [5.74, 6) is 0.892. The number of carbonyl (C=O) groups is 1. The molecule has 0 saturated carbocycles. The van der Waals surface area contributed by atoms with E-state index in [1.54, 1.807) is 31.4 Å². The molecule has 0 spiro atoms. The monoisotopic (exact) mass is 483 g/mol. The number of hydrogen-bond donors (Lipinski definition) is 0. The van der Waals surface area contributed by atoms with Crippen molar-refractivity contribution in [3.05, 3.63) is 61.8 Å². The Morgan fingerprint density at radius 1 is 1.23 bits per heavy atom. The zero-order chi connectivity index (χ0) is 18.7. The molecule has 0 N–H and O–H groups in total. The van der Waals surface area contributed by atoms with Gasteiger partial charge >= 0.3 is 5.97 Å². The smallest absolute Gasteiger partial charge is 0.363 e. The third-order valence-electron chi connectivity index (χ3n) is 3.57. The summed E-state index contributed by atoms with van der Waals surface area (Å²) in [4.78, 5) is 16.5. The first-order chi connectivity index (χ1) is 12.5. The predicted molar refractivity (Wildman–Crippen MR) is 109 cm³/mol. The van der Waals surface area contributed by atoms with Crippen LogP contribution in [0.5, 0.6) is 11.5 Å². The van der Waals surface area contributed by atoms with E-state index in [9.17, 15) is 4.79 Å². The number of esters is 1. The molecule has 1 heterocycles. The van der Waals surface area contributed by atoms with Crippen LogP contribution in [0.2, 0.25) is 5.02 Å². The molecule has 0 fully saturated rings. The highest BCUT2D eigenvalue weighted by Gasteiger charge is 2.26. The Kier molecular flexibility index (Phi) is 5.83. The summed E-state index contributed by atoms with van der Waals surface area (Å²) in [6.07, 6.45) is 1.63. The lowest BCUT2D eigenvalue weighted by Crippen LogP contribution is -2.06. The fraction of sp³-hybridized carbons (Fsp3) is 0.158. The van der Waals surface area contributed by atoms with E-state index in [0.717, 1.165) is 9.13 Å². The van der Waals surface area contributed by atoms with Gasteiger partial charge in [-0.25, -0.2) is 9.79 Å². The Balaban J connectivity index is 1.95. The van der Waals surface area contributed by atoms with Crippen LogP contribution in [0.15, 0.2) is 47.1 Å². The summed E-state index contributed by atoms with van der Waals surface area (Å²) in [5.41, 5.74) is 1.52. The van der Waals surface area contributed by atoms with Gasteiger partial charge in [-0.15, -0.1) is 0 Å². The number of ether oxygens (including phenoxy) is 3. The first kappa shape index (κ1) is 18.7. The fourth-order valence-corrected chi connectivity index (χ4v) is 3.08. The van der Waals surface area contributed by atoms with Gasteiger partial charge in [0.2, 0.25) is 5.90 Å². The molecule has 0 aromatic heterocycles. The number of halogens is 2. The third-order valence-corrected chi connectivity index (χ3v) is 4.57. The third kappa shape index (κ3) is 4.02. The van der Waals surface area contributed by atoms with Crippen LogP contribution >= 0.6 is 34.2 Å². The predicted octanol–water partition coefficient (Wildman–Crippen LogP) is 4.70. The summed E-state index contributed by atoms with van der Waals surface area (Å²) in [6, 6.07) is 10.8. The molecule has 0 amide bonds. The Bertz CT molecular complexity index is 924. The van der Waals surface area contributed by atoms with Gasteiger partial charge in [0.15, 0.2) is 17.2 Å². The van der Waals surface area contributed by atoms with Gasteiger partial charge in [0.05, 0.1) is 24.3 Å². The number of benzene rings is 2. The van der Waals surface area contributed by atoms with E-state index >= 15 is 0 Å². The van der Waals surface area contributed by atoms with Crippen molar-refractivity contribution in [2.45, 2.75) is 6.92 Å². The van der Waals surface area contributed by atoms with Crippen LogP contribution in [0.4, 0.5) is 0 Å². The summed E-state index contributed by atoms with van der Waals surface area (Å²) in [5, 5.41) is 0.473. The van der Waals surface area contributed by atoms with E-state index in [1.807, 2.05) is 25.1 Å². The molecule has 7 heteroatoms. The molecule has 2 aromatic rings. The molecule has 26 heavy (non-hydrogen) atoms. The van der Waals surface area contributed by atoms with Crippen LogP contribution in [-0.4, -0.2) is 25.6 Å². The minimum Gasteiger partial charge on any atom is -0.493 e. The van der Waals surface area contributed by atoms with Crippen LogP contribution in [0, 0.1) is 3.57 Å². The van der Waals surface area contributed by atoms with Gasteiger partial charge in [-0.05, 0) is 71.5 Å². The van der Waals surface area contributed by atoms with Gasteiger partial charge in [0.25, 0.3) is 0 Å². The Morgan fingerprint density at radius 3 is 2.77 bits per heavy atom. The van der Waals surface area contributed by atoms with E-state index in [-0.39, 0.29) is 11.6 Å². The molecule has 0 atom stereocenters. The van der Waals surface area contributed by atoms with Crippen molar-refractivity contribution in [1.29, 1.82) is 0 Å². The van der Waals surface area contributed by atoms with E-state index < -0.39 is 5.97 Å². The SMILES string of the molecule is CCOc1ccc(C=C2N=C(c3cc(I)ccc3Cl)OC2=O)cc1OC. The zero-order valence-corrected chi connectivity index (χ0v) is 17.0. The van der Waals surface area contributed by atoms with Crippen molar-refractivity contribution in [2.24, 2.45) is 4.99 Å². The number of nitrogens with zero attached hydrogens (tertiary/aromatic N) is 1. The lowest BCUT2D eigenvalue weighted by atomic mass is 10.1. The summed E-state index contributed by atoms with van der Waals surface area (Å²) in [6.45, 7) is 2.43. The number of aliphatic imine (C=N–C) groups is 1. The van der Waals surface area contributed by atoms with Gasteiger partial charge in [0, 0.05) is 3.57 Å². The van der Waals surface area contributed by atoms with E-state index in [0.29, 0.717) is 28.7 Å². The van der Waals surface area contributed by atoms with Crippen molar-refractivity contribution in [1.82, 2.24) is 0 Å². The average molecular weight is 484 g/mol. The first-order valence-electron chi connectivity index (χ1n) is 7.80. The maximum atomic E-state index is 12.2. The standard InChI is InChI=1S/C19H15ClINO4/c1-3-25-16-7-4-11(9-17(16)24-2)8-15-19(23)26-18(22-15)13-10-12(21)5-6-14(13)20/h4-10H,3H2,1-2H3. The maximum absolute atomic E-state index is 12.2. The van der Waals surface area contributed by atoms with Crippen molar-refractivity contribution >= 4 is 52.1 Å². The van der Waals surface area contributed by atoms with Crippen LogP contribution < -0.4 is 9.47 Å². The molecule has 2 aromatic carbocycles. The number of hydrogen-bond acceptors (Lipinski definition) is 5. The zero-order valence-electron chi connectivity index (χ0n) is 14.1. The molecule has 0 bridgehead atoms. The molecule has 0 aliphatic carbocycles. The van der Waals surface area contributed by atoms with Gasteiger partial charge in [-0.1, -0.05) is 17.7 Å². The molecule has 5 nitrogen and oxygen atoms in total. The van der Waals surface area contributed by atoms with Gasteiger partial charge in [0.1, 0.15) is 0 Å². The normalized spacial score (nSPS) is 15.0. The van der Waals surface area contributed by atoms with Crippen LogP contribution in [0.1, 0.15) is 18.1 Å². The highest BCUT2D eigenvalue weighted by molar-refractivity contribution is 14.1. The first-order valence-corrected chi connectivity index (χ1v) is 9.26. The molecule has 0 saturated heterocycles. The summed E-state index contributed by atoms with van der Waals surface area (Å²) >= 11 is 8.35. The van der Waals surface area contributed by atoms with E-state index in [2.05, 4.69) is 27.6 Å². The highest BCUT2D eigenvalue weighted by atomic mass is 127. The topological polar surface area (TPSA) is 57.1 Å².